The zero-order chi connectivity index (χ0) is 20.9. The van der Waals surface area contributed by atoms with Gasteiger partial charge in [0.25, 0.3) is 0 Å². The molecule has 2 atom stereocenters. The third-order valence-electron chi connectivity index (χ3n) is 6.69. The first-order valence-corrected chi connectivity index (χ1v) is 12.6. The zero-order valence-electron chi connectivity index (χ0n) is 18.4. The minimum atomic E-state index is -1.16. The van der Waals surface area contributed by atoms with Gasteiger partial charge in [0.2, 0.25) is 0 Å². The fourth-order valence-corrected chi connectivity index (χ4v) is 6.76. The molecule has 0 saturated heterocycles. The Labute approximate surface area is 176 Å². The Bertz CT molecular complexity index is 993. The fraction of sp³-hybridized carbons (Fsp3) is 0.440. The van der Waals surface area contributed by atoms with E-state index in [4.69, 9.17) is 0 Å². The van der Waals surface area contributed by atoms with Crippen molar-refractivity contribution >= 4 is 15.1 Å². The van der Waals surface area contributed by atoms with Crippen LogP contribution in [0.15, 0.2) is 35.2 Å². The largest absolute Gasteiger partial charge is 0.241 e. The highest BCUT2D eigenvalue weighted by atomic mass is 32.3. The van der Waals surface area contributed by atoms with Gasteiger partial charge in [0.05, 0.1) is 0 Å². The van der Waals surface area contributed by atoms with E-state index in [1.807, 2.05) is 13.0 Å². The SMILES string of the molecule is CC1=C(c2cc(C)c(C)cc2C)S1(C)NNC(CC1CC1)c1ccc(C)c(F)c1. The third-order valence-corrected chi connectivity index (χ3v) is 9.78. The van der Waals surface area contributed by atoms with Crippen LogP contribution in [-0.4, -0.2) is 6.26 Å². The number of halogens is 1. The molecule has 0 radical (unpaired) electrons. The van der Waals surface area contributed by atoms with E-state index in [2.05, 4.69) is 62.4 Å². The van der Waals surface area contributed by atoms with E-state index in [0.29, 0.717) is 5.56 Å². The molecule has 1 aliphatic carbocycles. The van der Waals surface area contributed by atoms with E-state index in [9.17, 15) is 4.39 Å². The molecule has 1 aliphatic heterocycles. The minimum absolute atomic E-state index is 0.115. The topological polar surface area (TPSA) is 24.1 Å². The Balaban J connectivity index is 1.52. The first-order chi connectivity index (χ1) is 13.7. The van der Waals surface area contributed by atoms with Crippen LogP contribution in [0.3, 0.4) is 0 Å². The highest BCUT2D eigenvalue weighted by Gasteiger charge is 2.43. The van der Waals surface area contributed by atoms with Crippen molar-refractivity contribution in [2.24, 2.45) is 5.92 Å². The summed E-state index contributed by atoms with van der Waals surface area (Å²) in [6.07, 6.45) is 5.97. The summed E-state index contributed by atoms with van der Waals surface area (Å²) in [5.41, 5.74) is 10.8. The van der Waals surface area contributed by atoms with E-state index in [1.54, 1.807) is 6.07 Å². The van der Waals surface area contributed by atoms with Crippen LogP contribution in [0.5, 0.6) is 0 Å². The molecule has 1 fully saturated rings. The van der Waals surface area contributed by atoms with Gasteiger partial charge in [0.1, 0.15) is 5.82 Å². The van der Waals surface area contributed by atoms with Crippen LogP contribution in [-0.2, 0) is 0 Å². The molecule has 2 N–H and O–H groups in total. The van der Waals surface area contributed by atoms with Gasteiger partial charge in [-0.3, -0.25) is 0 Å². The van der Waals surface area contributed by atoms with Crippen molar-refractivity contribution in [3.8, 4) is 0 Å². The lowest BCUT2D eigenvalue weighted by Crippen LogP contribution is -2.34. The van der Waals surface area contributed by atoms with Gasteiger partial charge < -0.3 is 0 Å². The Kier molecular flexibility index (Phi) is 5.39. The number of hydrogen-bond donors (Lipinski definition) is 2. The molecule has 0 spiro atoms. The van der Waals surface area contributed by atoms with E-state index < -0.39 is 10.2 Å². The lowest BCUT2D eigenvalue weighted by molar-refractivity contribution is 0.462. The van der Waals surface area contributed by atoms with Crippen molar-refractivity contribution in [2.75, 3.05) is 6.26 Å². The standard InChI is InChI=1S/C25H33FN2S/c1-15-7-10-21(14-23(15)26)24(13-20-8-9-20)27-28-29(6)19(5)25(29)22-12-17(3)16(2)11-18(22)4/h7,10-12,14,20,24,27-28H,8-9,13H2,1-6H3. The lowest BCUT2D eigenvalue weighted by Gasteiger charge is -2.28. The Morgan fingerprint density at radius 3 is 2.31 bits per heavy atom. The van der Waals surface area contributed by atoms with Gasteiger partial charge in [-0.1, -0.05) is 37.1 Å². The summed E-state index contributed by atoms with van der Waals surface area (Å²) in [6.45, 7) is 10.6. The first kappa shape index (κ1) is 20.6. The molecular weight excluding hydrogens is 379 g/mol. The normalized spacial score (nSPS) is 24.4. The van der Waals surface area contributed by atoms with E-state index >= 15 is 0 Å². The van der Waals surface area contributed by atoms with Crippen molar-refractivity contribution in [3.05, 3.63) is 74.4 Å². The average Bonchev–Trinajstić information content (AvgIpc) is 3.57. The minimum Gasteiger partial charge on any atom is -0.241 e. The quantitative estimate of drug-likeness (QED) is 0.492. The third kappa shape index (κ3) is 4.03. The highest BCUT2D eigenvalue weighted by Crippen LogP contribution is 2.76. The van der Waals surface area contributed by atoms with Gasteiger partial charge >= 0.3 is 0 Å². The zero-order valence-corrected chi connectivity index (χ0v) is 19.3. The number of rotatable bonds is 7. The van der Waals surface area contributed by atoms with Crippen LogP contribution in [0.4, 0.5) is 4.39 Å². The van der Waals surface area contributed by atoms with Gasteiger partial charge in [-0.05, 0) is 97.6 Å². The maximum absolute atomic E-state index is 14.2. The van der Waals surface area contributed by atoms with Gasteiger partial charge in [0.15, 0.2) is 0 Å². The maximum Gasteiger partial charge on any atom is 0.126 e. The number of aryl methyl sites for hydroxylation is 4. The van der Waals surface area contributed by atoms with Crippen molar-refractivity contribution in [3.63, 3.8) is 0 Å². The molecule has 2 aliphatic rings. The van der Waals surface area contributed by atoms with Crippen LogP contribution in [0, 0.1) is 39.4 Å². The van der Waals surface area contributed by atoms with E-state index in [-0.39, 0.29) is 11.9 Å². The highest BCUT2D eigenvalue weighted by molar-refractivity contribution is 8.48. The van der Waals surface area contributed by atoms with Crippen LogP contribution in [0.2, 0.25) is 0 Å². The summed E-state index contributed by atoms with van der Waals surface area (Å²) in [5.74, 6) is 0.645. The smallest absolute Gasteiger partial charge is 0.126 e. The number of hydrogen-bond acceptors (Lipinski definition) is 2. The van der Waals surface area contributed by atoms with Crippen LogP contribution < -0.4 is 10.3 Å². The molecule has 2 aromatic carbocycles. The monoisotopic (exact) mass is 412 g/mol. The van der Waals surface area contributed by atoms with Gasteiger partial charge in [-0.25, -0.2) is 14.6 Å². The Hall–Kier alpha value is -1.62. The number of nitrogens with one attached hydrogen (secondary N) is 2. The summed E-state index contributed by atoms with van der Waals surface area (Å²) in [4.78, 5) is 6.61. The molecule has 1 saturated carbocycles. The number of allylic oxidation sites excluding steroid dienone is 1. The second-order valence-electron chi connectivity index (χ2n) is 9.04. The maximum atomic E-state index is 14.2. The molecule has 4 heteroatoms. The van der Waals surface area contributed by atoms with E-state index in [1.165, 1.54) is 44.9 Å². The Morgan fingerprint density at radius 1 is 0.966 bits per heavy atom. The predicted octanol–water partition coefficient (Wildman–Crippen LogP) is 6.75. The van der Waals surface area contributed by atoms with Crippen molar-refractivity contribution in [1.29, 1.82) is 0 Å². The molecule has 1 heterocycles. The molecule has 29 heavy (non-hydrogen) atoms. The molecule has 4 rings (SSSR count). The lowest BCUT2D eigenvalue weighted by atomic mass is 10.0. The van der Waals surface area contributed by atoms with Crippen molar-refractivity contribution in [1.82, 2.24) is 10.3 Å². The molecular formula is C25H33FN2S. The molecule has 156 valence electrons. The summed E-state index contributed by atoms with van der Waals surface area (Å²) in [7, 11) is -1.16. The second kappa shape index (κ2) is 7.57. The molecule has 0 aromatic heterocycles. The van der Waals surface area contributed by atoms with Crippen molar-refractivity contribution < 1.29 is 4.39 Å². The predicted molar refractivity (Wildman–Crippen MR) is 124 cm³/mol. The molecule has 2 aromatic rings. The number of benzene rings is 2. The van der Waals surface area contributed by atoms with Crippen LogP contribution in [0.1, 0.15) is 65.6 Å². The molecule has 2 nitrogen and oxygen atoms in total. The van der Waals surface area contributed by atoms with Crippen molar-refractivity contribution in [2.45, 2.75) is 59.9 Å². The summed E-state index contributed by atoms with van der Waals surface area (Å²) >= 11 is 0. The summed E-state index contributed by atoms with van der Waals surface area (Å²) in [5, 5.41) is 0. The molecule has 0 amide bonds. The van der Waals surface area contributed by atoms with Gasteiger partial charge in [-0.15, -0.1) is 10.2 Å². The van der Waals surface area contributed by atoms with Crippen LogP contribution >= 0.6 is 10.2 Å². The summed E-state index contributed by atoms with van der Waals surface area (Å²) in [6, 6.07) is 10.4. The number of hydrazine groups is 1. The average molecular weight is 413 g/mol. The fourth-order valence-electron chi connectivity index (χ4n) is 4.14. The molecule has 0 bridgehead atoms. The molecule has 2 unspecified atom stereocenters. The van der Waals surface area contributed by atoms with E-state index in [0.717, 1.165) is 17.9 Å². The second-order valence-corrected chi connectivity index (χ2v) is 12.1. The van der Waals surface area contributed by atoms with Gasteiger partial charge in [-0.2, -0.15) is 0 Å². The van der Waals surface area contributed by atoms with Crippen LogP contribution in [0.25, 0.3) is 4.91 Å². The van der Waals surface area contributed by atoms with Gasteiger partial charge in [0, 0.05) is 10.9 Å². The summed E-state index contributed by atoms with van der Waals surface area (Å²) < 4.78 is 14.2. The Morgan fingerprint density at radius 2 is 1.66 bits per heavy atom. The first-order valence-electron chi connectivity index (χ1n) is 10.6.